The Kier molecular flexibility index (Phi) is 3.60. The largest absolute Gasteiger partial charge is 0.396 e. The molecule has 0 bridgehead atoms. The molecule has 5 N–H and O–H groups in total. The van der Waals surface area contributed by atoms with Crippen LogP contribution >= 0.6 is 0 Å². The Labute approximate surface area is 75.0 Å². The van der Waals surface area contributed by atoms with Crippen molar-refractivity contribution in [3.63, 3.8) is 0 Å². The Morgan fingerprint density at radius 3 is 2.00 bits per heavy atom. The maximum atomic E-state index is 9.35. The Morgan fingerprint density at radius 2 is 1.54 bits per heavy atom. The van der Waals surface area contributed by atoms with Crippen molar-refractivity contribution in [3.8, 4) is 0 Å². The standard InChI is InChI=1S/C7H14O6/c8-1-3-5(10)6(11)4(2-9)13-7(3)12/h3-12H,1-2H2/t3?,4?,5?,6-,7-/m1/s1. The van der Waals surface area contributed by atoms with Gasteiger partial charge >= 0.3 is 0 Å². The van der Waals surface area contributed by atoms with Gasteiger partial charge in [0.25, 0.3) is 0 Å². The summed E-state index contributed by atoms with van der Waals surface area (Å²) in [6.07, 6.45) is -4.94. The highest BCUT2D eigenvalue weighted by atomic mass is 16.6. The van der Waals surface area contributed by atoms with Gasteiger partial charge in [-0.3, -0.25) is 0 Å². The van der Waals surface area contributed by atoms with E-state index in [1.54, 1.807) is 0 Å². The van der Waals surface area contributed by atoms with Gasteiger partial charge in [-0.15, -0.1) is 0 Å². The van der Waals surface area contributed by atoms with E-state index in [-0.39, 0.29) is 0 Å². The van der Waals surface area contributed by atoms with Crippen LogP contribution in [-0.4, -0.2) is 63.3 Å². The van der Waals surface area contributed by atoms with Gasteiger partial charge in [-0.25, -0.2) is 0 Å². The lowest BCUT2D eigenvalue weighted by Gasteiger charge is -2.39. The highest BCUT2D eigenvalue weighted by Crippen LogP contribution is 2.24. The van der Waals surface area contributed by atoms with E-state index < -0.39 is 43.7 Å². The fraction of sp³-hybridized carbons (Fsp3) is 1.00. The Hall–Kier alpha value is -0.240. The van der Waals surface area contributed by atoms with Gasteiger partial charge < -0.3 is 30.3 Å². The van der Waals surface area contributed by atoms with Crippen molar-refractivity contribution < 1.29 is 30.3 Å². The molecule has 3 unspecified atom stereocenters. The molecule has 1 aliphatic heterocycles. The van der Waals surface area contributed by atoms with Crippen molar-refractivity contribution in [3.05, 3.63) is 0 Å². The monoisotopic (exact) mass is 194 g/mol. The lowest BCUT2D eigenvalue weighted by molar-refractivity contribution is -0.274. The maximum Gasteiger partial charge on any atom is 0.162 e. The van der Waals surface area contributed by atoms with Crippen LogP contribution in [0.5, 0.6) is 0 Å². The molecule has 0 spiro atoms. The third kappa shape index (κ3) is 1.98. The van der Waals surface area contributed by atoms with Crippen LogP contribution in [0.1, 0.15) is 0 Å². The molecule has 0 aliphatic carbocycles. The zero-order chi connectivity index (χ0) is 10.0. The normalized spacial score (nSPS) is 46.4. The number of rotatable bonds is 2. The number of ether oxygens (including phenoxy) is 1. The van der Waals surface area contributed by atoms with Crippen molar-refractivity contribution in [2.45, 2.75) is 24.6 Å². The summed E-state index contributed by atoms with van der Waals surface area (Å²) in [7, 11) is 0. The van der Waals surface area contributed by atoms with Crippen LogP contribution in [-0.2, 0) is 4.74 Å². The number of hydrogen-bond acceptors (Lipinski definition) is 6. The molecule has 1 fully saturated rings. The number of aliphatic hydroxyl groups excluding tert-OH is 5. The SMILES string of the molecule is OCC1O[C@@H](O)C(CO)C(O)[C@@H]1O. The molecule has 0 saturated carbocycles. The van der Waals surface area contributed by atoms with Crippen molar-refractivity contribution in [2.75, 3.05) is 13.2 Å². The zero-order valence-electron chi connectivity index (χ0n) is 6.95. The van der Waals surface area contributed by atoms with Crippen molar-refractivity contribution in [1.29, 1.82) is 0 Å². The van der Waals surface area contributed by atoms with Crippen LogP contribution in [0.25, 0.3) is 0 Å². The average molecular weight is 194 g/mol. The van der Waals surface area contributed by atoms with Crippen LogP contribution in [0, 0.1) is 5.92 Å². The lowest BCUT2D eigenvalue weighted by Crippen LogP contribution is -2.56. The predicted octanol–water partition coefficient (Wildman–Crippen LogP) is -2.97. The molecule has 6 nitrogen and oxygen atoms in total. The molecule has 0 radical (unpaired) electrons. The molecule has 6 heteroatoms. The van der Waals surface area contributed by atoms with Crippen molar-refractivity contribution in [1.82, 2.24) is 0 Å². The summed E-state index contributed by atoms with van der Waals surface area (Å²) in [5.41, 5.74) is 0. The van der Waals surface area contributed by atoms with E-state index in [1.807, 2.05) is 0 Å². The van der Waals surface area contributed by atoms with Gasteiger partial charge in [0.05, 0.1) is 25.2 Å². The summed E-state index contributed by atoms with van der Waals surface area (Å²) < 4.78 is 4.76. The first-order valence-electron chi connectivity index (χ1n) is 4.03. The second-order valence-corrected chi connectivity index (χ2v) is 3.08. The van der Waals surface area contributed by atoms with Gasteiger partial charge in [0.1, 0.15) is 12.2 Å². The molecular formula is C7H14O6. The van der Waals surface area contributed by atoms with Crippen LogP contribution < -0.4 is 0 Å². The fourth-order valence-electron chi connectivity index (χ4n) is 1.35. The minimum absolute atomic E-state index is 0.489. The van der Waals surface area contributed by atoms with E-state index in [9.17, 15) is 15.3 Å². The van der Waals surface area contributed by atoms with E-state index in [4.69, 9.17) is 14.9 Å². The average Bonchev–Trinajstić information content (AvgIpc) is 2.12. The summed E-state index contributed by atoms with van der Waals surface area (Å²) in [4.78, 5) is 0. The van der Waals surface area contributed by atoms with E-state index in [2.05, 4.69) is 0 Å². The number of hydrogen-bond donors (Lipinski definition) is 5. The quantitative estimate of drug-likeness (QED) is 0.321. The molecule has 1 saturated heterocycles. The minimum Gasteiger partial charge on any atom is -0.396 e. The second-order valence-electron chi connectivity index (χ2n) is 3.08. The van der Waals surface area contributed by atoms with Crippen LogP contribution in [0.15, 0.2) is 0 Å². The molecular weight excluding hydrogens is 180 g/mol. The molecule has 0 aromatic rings. The van der Waals surface area contributed by atoms with Gasteiger partial charge in [-0.2, -0.15) is 0 Å². The van der Waals surface area contributed by atoms with Gasteiger partial charge in [0.2, 0.25) is 0 Å². The Bertz CT molecular complexity index is 163. The summed E-state index contributed by atoms with van der Waals surface area (Å²) in [6, 6.07) is 0. The topological polar surface area (TPSA) is 110 Å². The first kappa shape index (κ1) is 10.8. The summed E-state index contributed by atoms with van der Waals surface area (Å²) in [5.74, 6) is -0.933. The third-order valence-corrected chi connectivity index (χ3v) is 2.24. The Balaban J connectivity index is 2.66. The molecule has 1 rings (SSSR count). The van der Waals surface area contributed by atoms with E-state index in [1.165, 1.54) is 0 Å². The molecule has 78 valence electrons. The lowest BCUT2D eigenvalue weighted by atomic mass is 9.92. The summed E-state index contributed by atoms with van der Waals surface area (Å²) >= 11 is 0. The maximum absolute atomic E-state index is 9.35. The molecule has 1 heterocycles. The zero-order valence-corrected chi connectivity index (χ0v) is 6.95. The minimum atomic E-state index is -1.36. The van der Waals surface area contributed by atoms with Gasteiger partial charge in [-0.05, 0) is 0 Å². The highest BCUT2D eigenvalue weighted by molar-refractivity contribution is 4.87. The van der Waals surface area contributed by atoms with Crippen LogP contribution in [0.3, 0.4) is 0 Å². The Morgan fingerprint density at radius 1 is 0.923 bits per heavy atom. The smallest absolute Gasteiger partial charge is 0.162 e. The fourth-order valence-corrected chi connectivity index (χ4v) is 1.35. The molecule has 0 amide bonds. The van der Waals surface area contributed by atoms with E-state index in [0.717, 1.165) is 0 Å². The molecule has 5 atom stereocenters. The van der Waals surface area contributed by atoms with E-state index in [0.29, 0.717) is 0 Å². The first-order chi connectivity index (χ1) is 6.11. The predicted molar refractivity (Wildman–Crippen MR) is 40.6 cm³/mol. The second kappa shape index (κ2) is 4.32. The van der Waals surface area contributed by atoms with Crippen molar-refractivity contribution in [2.24, 2.45) is 5.92 Å². The molecule has 13 heavy (non-hydrogen) atoms. The van der Waals surface area contributed by atoms with E-state index >= 15 is 0 Å². The number of aliphatic hydroxyl groups is 5. The van der Waals surface area contributed by atoms with Crippen molar-refractivity contribution >= 4 is 0 Å². The molecule has 0 aromatic carbocycles. The first-order valence-corrected chi connectivity index (χ1v) is 4.03. The van der Waals surface area contributed by atoms with Gasteiger partial charge in [0.15, 0.2) is 6.29 Å². The van der Waals surface area contributed by atoms with Gasteiger partial charge in [-0.1, -0.05) is 0 Å². The third-order valence-electron chi connectivity index (χ3n) is 2.24. The molecule has 0 aromatic heterocycles. The van der Waals surface area contributed by atoms with Crippen LogP contribution in [0.4, 0.5) is 0 Å². The van der Waals surface area contributed by atoms with Crippen LogP contribution in [0.2, 0.25) is 0 Å². The molecule has 1 aliphatic rings. The van der Waals surface area contributed by atoms with Gasteiger partial charge in [0, 0.05) is 0 Å². The summed E-state index contributed by atoms with van der Waals surface area (Å²) in [5, 5.41) is 45.3. The summed E-state index contributed by atoms with van der Waals surface area (Å²) in [6.45, 7) is -0.981. The highest BCUT2D eigenvalue weighted by Gasteiger charge is 2.42.